The van der Waals surface area contributed by atoms with Gasteiger partial charge in [0, 0.05) is 18.5 Å². The van der Waals surface area contributed by atoms with Crippen molar-refractivity contribution >= 4 is 0 Å². The minimum Gasteiger partial charge on any atom is -0.361 e. The van der Waals surface area contributed by atoms with Crippen LogP contribution in [-0.2, 0) is 0 Å². The molecule has 1 aliphatic rings. The number of nitrogens with zero attached hydrogens (tertiary/aromatic N) is 1. The second kappa shape index (κ2) is 3.52. The van der Waals surface area contributed by atoms with Crippen LogP contribution in [0.3, 0.4) is 0 Å². The van der Waals surface area contributed by atoms with Crippen LogP contribution in [0.5, 0.6) is 0 Å². The van der Waals surface area contributed by atoms with Gasteiger partial charge in [-0.1, -0.05) is 5.16 Å². The molecule has 1 aromatic heterocycles. The van der Waals surface area contributed by atoms with E-state index in [4.69, 9.17) is 10.3 Å². The summed E-state index contributed by atoms with van der Waals surface area (Å²) in [4.78, 5) is 0. The number of hydrogen-bond acceptors (Lipinski definition) is 3. The van der Waals surface area contributed by atoms with Gasteiger partial charge in [0.15, 0.2) is 0 Å². The molecule has 2 N–H and O–H groups in total. The molecule has 2 rings (SSSR count). The third kappa shape index (κ3) is 2.14. The zero-order chi connectivity index (χ0) is 11.1. The van der Waals surface area contributed by atoms with Gasteiger partial charge in [-0.3, -0.25) is 0 Å². The summed E-state index contributed by atoms with van der Waals surface area (Å²) in [6.07, 6.45) is -2.42. The van der Waals surface area contributed by atoms with Gasteiger partial charge in [-0.05, 0) is 12.8 Å². The van der Waals surface area contributed by atoms with Crippen LogP contribution in [0.2, 0.25) is 0 Å². The van der Waals surface area contributed by atoms with Crippen LogP contribution in [0.15, 0.2) is 10.6 Å². The highest BCUT2D eigenvalue weighted by Gasteiger charge is 2.42. The Morgan fingerprint density at radius 2 is 2.20 bits per heavy atom. The summed E-state index contributed by atoms with van der Waals surface area (Å²) < 4.78 is 42.3. The Kier molecular flexibility index (Phi) is 2.46. The Morgan fingerprint density at radius 1 is 1.53 bits per heavy atom. The third-order valence-electron chi connectivity index (χ3n) is 2.51. The molecule has 0 spiro atoms. The van der Waals surface area contributed by atoms with Crippen molar-refractivity contribution in [3.63, 3.8) is 0 Å². The van der Waals surface area contributed by atoms with Crippen LogP contribution in [0.25, 0.3) is 0 Å². The Morgan fingerprint density at radius 3 is 2.67 bits per heavy atom. The first kappa shape index (κ1) is 10.5. The van der Waals surface area contributed by atoms with Crippen LogP contribution in [-0.4, -0.2) is 17.9 Å². The fraction of sp³-hybridized carbons (Fsp3) is 0.667. The summed E-state index contributed by atoms with van der Waals surface area (Å²) in [6.45, 7) is -0.500. The molecule has 3 nitrogen and oxygen atoms in total. The minimum atomic E-state index is -4.35. The molecule has 0 saturated heterocycles. The second-order valence-electron chi connectivity index (χ2n) is 3.76. The average molecular weight is 220 g/mol. The maximum Gasteiger partial charge on any atom is 0.398 e. The van der Waals surface area contributed by atoms with Crippen molar-refractivity contribution < 1.29 is 17.7 Å². The number of nitrogens with two attached hydrogens (primary N) is 1. The molecule has 1 unspecified atom stereocenters. The summed E-state index contributed by atoms with van der Waals surface area (Å²) >= 11 is 0. The zero-order valence-electron chi connectivity index (χ0n) is 7.92. The van der Waals surface area contributed by atoms with E-state index < -0.39 is 18.6 Å². The summed E-state index contributed by atoms with van der Waals surface area (Å²) in [7, 11) is 0. The van der Waals surface area contributed by atoms with Crippen LogP contribution in [0.4, 0.5) is 13.2 Å². The Bertz CT molecular complexity index is 343. The molecule has 0 bridgehead atoms. The molecule has 0 aromatic carbocycles. The van der Waals surface area contributed by atoms with Crippen molar-refractivity contribution in [1.82, 2.24) is 5.16 Å². The normalized spacial score (nSPS) is 19.2. The number of aromatic nitrogens is 1. The van der Waals surface area contributed by atoms with Gasteiger partial charge in [-0.15, -0.1) is 0 Å². The van der Waals surface area contributed by atoms with Crippen LogP contribution in [0.1, 0.15) is 36.1 Å². The summed E-state index contributed by atoms with van der Waals surface area (Å²) in [5.74, 6) is -0.903. The number of rotatable bonds is 3. The van der Waals surface area contributed by atoms with Gasteiger partial charge >= 0.3 is 6.18 Å². The fourth-order valence-electron chi connectivity index (χ4n) is 1.45. The van der Waals surface area contributed by atoms with Crippen molar-refractivity contribution in [2.45, 2.75) is 30.9 Å². The molecule has 0 aliphatic heterocycles. The molecular weight excluding hydrogens is 209 g/mol. The molecule has 0 radical (unpaired) electrons. The van der Waals surface area contributed by atoms with Crippen molar-refractivity contribution in [1.29, 1.82) is 0 Å². The van der Waals surface area contributed by atoms with E-state index in [0.717, 1.165) is 12.8 Å². The lowest BCUT2D eigenvalue weighted by Crippen LogP contribution is -2.28. The van der Waals surface area contributed by atoms with Crippen LogP contribution < -0.4 is 5.73 Å². The van der Waals surface area contributed by atoms with Gasteiger partial charge < -0.3 is 10.3 Å². The Labute approximate surface area is 84.4 Å². The van der Waals surface area contributed by atoms with E-state index >= 15 is 0 Å². The molecule has 1 aromatic rings. The van der Waals surface area contributed by atoms with E-state index in [0.29, 0.717) is 5.76 Å². The van der Waals surface area contributed by atoms with Gasteiger partial charge in [0.2, 0.25) is 0 Å². The Hall–Kier alpha value is -1.04. The van der Waals surface area contributed by atoms with E-state index in [9.17, 15) is 13.2 Å². The molecule has 1 heterocycles. The van der Waals surface area contributed by atoms with Gasteiger partial charge in [0.05, 0.1) is 5.69 Å². The quantitative estimate of drug-likeness (QED) is 0.849. The summed E-state index contributed by atoms with van der Waals surface area (Å²) in [6, 6.07) is 1.38. The minimum absolute atomic E-state index is 0.105. The molecule has 1 fully saturated rings. The highest BCUT2D eigenvalue weighted by atomic mass is 19.4. The number of alkyl halides is 3. The van der Waals surface area contributed by atoms with E-state index in [1.54, 1.807) is 0 Å². The predicted octanol–water partition coefficient (Wildman–Crippen LogP) is 2.16. The number of hydrogen-bond donors (Lipinski definition) is 1. The van der Waals surface area contributed by atoms with E-state index in [-0.39, 0.29) is 11.6 Å². The maximum atomic E-state index is 12.5. The molecule has 84 valence electrons. The van der Waals surface area contributed by atoms with Crippen LogP contribution >= 0.6 is 0 Å². The highest BCUT2D eigenvalue weighted by molar-refractivity contribution is 5.18. The highest BCUT2D eigenvalue weighted by Crippen LogP contribution is 2.42. The SMILES string of the molecule is NCC(c1cc(C2CC2)on1)C(F)(F)F. The molecule has 1 atom stereocenters. The average Bonchev–Trinajstić information content (AvgIpc) is 2.86. The predicted molar refractivity (Wildman–Crippen MR) is 46.3 cm³/mol. The lowest BCUT2D eigenvalue weighted by atomic mass is 10.1. The molecule has 0 amide bonds. The van der Waals surface area contributed by atoms with Crippen molar-refractivity contribution in [3.8, 4) is 0 Å². The first-order valence-corrected chi connectivity index (χ1v) is 4.75. The van der Waals surface area contributed by atoms with Crippen molar-refractivity contribution in [2.24, 2.45) is 5.73 Å². The largest absolute Gasteiger partial charge is 0.398 e. The molecular formula is C9H11F3N2O. The lowest BCUT2D eigenvalue weighted by Gasteiger charge is -2.14. The fourth-order valence-corrected chi connectivity index (χ4v) is 1.45. The summed E-state index contributed by atoms with van der Waals surface area (Å²) in [5, 5.41) is 3.44. The molecule has 15 heavy (non-hydrogen) atoms. The second-order valence-corrected chi connectivity index (χ2v) is 3.76. The summed E-state index contributed by atoms with van der Waals surface area (Å²) in [5.41, 5.74) is 4.99. The third-order valence-corrected chi connectivity index (χ3v) is 2.51. The standard InChI is InChI=1S/C9H11F3N2O/c10-9(11,12)6(4-13)7-3-8(15-14-7)5-1-2-5/h3,5-6H,1-2,4,13H2. The van der Waals surface area contributed by atoms with Gasteiger partial charge in [-0.2, -0.15) is 13.2 Å². The van der Waals surface area contributed by atoms with E-state index in [2.05, 4.69) is 5.16 Å². The Balaban J connectivity index is 2.18. The first-order chi connectivity index (χ1) is 7.02. The van der Waals surface area contributed by atoms with Crippen LogP contribution in [0, 0.1) is 0 Å². The van der Waals surface area contributed by atoms with Crippen molar-refractivity contribution in [3.05, 3.63) is 17.5 Å². The smallest absolute Gasteiger partial charge is 0.361 e. The monoisotopic (exact) mass is 220 g/mol. The maximum absolute atomic E-state index is 12.5. The van der Waals surface area contributed by atoms with Gasteiger partial charge in [0.1, 0.15) is 11.7 Å². The van der Waals surface area contributed by atoms with Gasteiger partial charge in [0.25, 0.3) is 0 Å². The zero-order valence-corrected chi connectivity index (χ0v) is 7.92. The van der Waals surface area contributed by atoms with Gasteiger partial charge in [-0.25, -0.2) is 0 Å². The van der Waals surface area contributed by atoms with E-state index in [1.807, 2.05) is 0 Å². The van der Waals surface area contributed by atoms with E-state index in [1.165, 1.54) is 6.07 Å². The first-order valence-electron chi connectivity index (χ1n) is 4.75. The molecule has 1 saturated carbocycles. The number of halogens is 3. The molecule has 1 aliphatic carbocycles. The lowest BCUT2D eigenvalue weighted by molar-refractivity contribution is -0.149. The molecule has 6 heteroatoms. The topological polar surface area (TPSA) is 52.0 Å². The van der Waals surface area contributed by atoms with Crippen molar-refractivity contribution in [2.75, 3.05) is 6.54 Å².